The number of hydrogen-bond donors (Lipinski definition) is 3. The summed E-state index contributed by atoms with van der Waals surface area (Å²) in [6.07, 6.45) is -0.464. The molecule has 66 valence electrons. The topological polar surface area (TPSA) is 75.3 Å². The lowest BCUT2D eigenvalue weighted by molar-refractivity contribution is -0.123. The van der Waals surface area contributed by atoms with E-state index in [1.807, 2.05) is 0 Å². The van der Waals surface area contributed by atoms with Crippen LogP contribution in [0.1, 0.15) is 20.8 Å². The Morgan fingerprint density at radius 3 is 2.45 bits per heavy atom. The summed E-state index contributed by atoms with van der Waals surface area (Å²) < 4.78 is 0. The van der Waals surface area contributed by atoms with Gasteiger partial charge in [0, 0.05) is 6.54 Å². The molecule has 0 spiro atoms. The number of carbonyl (C=O) groups is 1. The second kappa shape index (κ2) is 3.69. The number of aliphatic hydroxyl groups excluding tert-OH is 1. The van der Waals surface area contributed by atoms with E-state index in [0.717, 1.165) is 0 Å². The summed E-state index contributed by atoms with van der Waals surface area (Å²) in [5, 5.41) is 11.7. The molecule has 0 aromatic carbocycles. The Bertz CT molecular complexity index is 143. The summed E-state index contributed by atoms with van der Waals surface area (Å²) in [6.45, 7) is 5.37. The fourth-order valence-electron chi connectivity index (χ4n) is 0.490. The highest BCUT2D eigenvalue weighted by Gasteiger charge is 2.23. The quantitative estimate of drug-likeness (QED) is 0.505. The molecule has 0 fully saturated rings. The number of hydrogen-bond acceptors (Lipinski definition) is 3. The number of primary amides is 1. The maximum Gasteiger partial charge on any atom is 0.237 e. The molecule has 0 aliphatic rings. The van der Waals surface area contributed by atoms with Gasteiger partial charge in [-0.3, -0.25) is 4.79 Å². The molecule has 11 heavy (non-hydrogen) atoms. The Balaban J connectivity index is 3.83. The van der Waals surface area contributed by atoms with Gasteiger partial charge in [-0.25, -0.2) is 0 Å². The number of rotatable bonds is 4. The van der Waals surface area contributed by atoms with E-state index in [2.05, 4.69) is 5.32 Å². The standard InChI is InChI=1S/C7H16N2O2/c1-5(10)4-9-7(2,3)6(8)11/h5,9-10H,4H2,1-3H3,(H2,8,11)/t5-/m1/s1. The van der Waals surface area contributed by atoms with Crippen LogP contribution in [0.15, 0.2) is 0 Å². The molecular weight excluding hydrogens is 144 g/mol. The molecule has 1 atom stereocenters. The maximum atomic E-state index is 10.7. The minimum absolute atomic E-state index is 0.371. The summed E-state index contributed by atoms with van der Waals surface area (Å²) in [5.41, 5.74) is 4.33. The van der Waals surface area contributed by atoms with E-state index >= 15 is 0 Å². The molecule has 0 bridgehead atoms. The van der Waals surface area contributed by atoms with E-state index in [1.54, 1.807) is 20.8 Å². The lowest BCUT2D eigenvalue weighted by Gasteiger charge is -2.22. The van der Waals surface area contributed by atoms with Crippen LogP contribution in [0.4, 0.5) is 0 Å². The number of nitrogens with two attached hydrogens (primary N) is 1. The first-order chi connectivity index (χ1) is 4.86. The first-order valence-electron chi connectivity index (χ1n) is 3.59. The summed E-state index contributed by atoms with van der Waals surface area (Å²) in [6, 6.07) is 0. The molecule has 0 saturated heterocycles. The molecule has 1 amide bonds. The van der Waals surface area contributed by atoms with Crippen molar-refractivity contribution in [2.24, 2.45) is 5.73 Å². The van der Waals surface area contributed by atoms with Crippen LogP contribution in [0.3, 0.4) is 0 Å². The van der Waals surface area contributed by atoms with Crippen LogP contribution >= 0.6 is 0 Å². The highest BCUT2D eigenvalue weighted by molar-refractivity contribution is 5.83. The molecule has 0 aromatic rings. The van der Waals surface area contributed by atoms with Gasteiger partial charge < -0.3 is 16.2 Å². The molecule has 4 heteroatoms. The zero-order valence-electron chi connectivity index (χ0n) is 7.22. The van der Waals surface area contributed by atoms with Gasteiger partial charge in [-0.15, -0.1) is 0 Å². The van der Waals surface area contributed by atoms with Crippen molar-refractivity contribution in [3.8, 4) is 0 Å². The first-order valence-corrected chi connectivity index (χ1v) is 3.59. The fourth-order valence-corrected chi connectivity index (χ4v) is 0.490. The van der Waals surface area contributed by atoms with Gasteiger partial charge in [0.15, 0.2) is 0 Å². The van der Waals surface area contributed by atoms with Crippen molar-refractivity contribution in [1.82, 2.24) is 5.32 Å². The van der Waals surface area contributed by atoms with Gasteiger partial charge in [-0.05, 0) is 20.8 Å². The van der Waals surface area contributed by atoms with Gasteiger partial charge in [0.05, 0.1) is 11.6 Å². The normalized spacial score (nSPS) is 14.5. The van der Waals surface area contributed by atoms with Gasteiger partial charge >= 0.3 is 0 Å². The minimum atomic E-state index is -0.739. The molecule has 0 rings (SSSR count). The Hall–Kier alpha value is -0.610. The summed E-state index contributed by atoms with van der Waals surface area (Å²) in [5.74, 6) is -0.418. The zero-order chi connectivity index (χ0) is 9.07. The molecular formula is C7H16N2O2. The molecule has 0 heterocycles. The molecule has 0 radical (unpaired) electrons. The van der Waals surface area contributed by atoms with Gasteiger partial charge in [0.25, 0.3) is 0 Å². The van der Waals surface area contributed by atoms with E-state index in [9.17, 15) is 4.79 Å². The fraction of sp³-hybridized carbons (Fsp3) is 0.857. The summed E-state index contributed by atoms with van der Waals surface area (Å²) in [4.78, 5) is 10.7. The monoisotopic (exact) mass is 160 g/mol. The maximum absolute atomic E-state index is 10.7. The third-order valence-electron chi connectivity index (χ3n) is 1.46. The molecule has 0 aliphatic carbocycles. The van der Waals surface area contributed by atoms with Crippen molar-refractivity contribution >= 4 is 5.91 Å². The average Bonchev–Trinajstić information content (AvgIpc) is 1.84. The van der Waals surface area contributed by atoms with E-state index in [4.69, 9.17) is 10.8 Å². The van der Waals surface area contributed by atoms with Crippen LogP contribution in [-0.2, 0) is 4.79 Å². The van der Waals surface area contributed by atoms with Crippen molar-refractivity contribution < 1.29 is 9.90 Å². The van der Waals surface area contributed by atoms with Crippen molar-refractivity contribution in [2.45, 2.75) is 32.4 Å². The number of nitrogens with one attached hydrogen (secondary N) is 1. The lowest BCUT2D eigenvalue weighted by Crippen LogP contribution is -2.52. The van der Waals surface area contributed by atoms with Gasteiger partial charge in [0.1, 0.15) is 0 Å². The first kappa shape index (κ1) is 10.4. The van der Waals surface area contributed by atoms with Gasteiger partial charge in [-0.2, -0.15) is 0 Å². The van der Waals surface area contributed by atoms with Crippen LogP contribution in [-0.4, -0.2) is 29.2 Å². The van der Waals surface area contributed by atoms with E-state index in [-0.39, 0.29) is 0 Å². The molecule has 0 unspecified atom stereocenters. The predicted molar refractivity (Wildman–Crippen MR) is 43.0 cm³/mol. The van der Waals surface area contributed by atoms with Gasteiger partial charge in [0.2, 0.25) is 5.91 Å². The third-order valence-corrected chi connectivity index (χ3v) is 1.46. The molecule has 0 aromatic heterocycles. The number of β-amino-alcohol motifs (C(OH)–C–C–N with tert-alkyl or cyclic N) is 1. The SMILES string of the molecule is C[C@@H](O)CNC(C)(C)C(N)=O. The Morgan fingerprint density at radius 2 is 2.18 bits per heavy atom. The van der Waals surface area contributed by atoms with Crippen molar-refractivity contribution in [2.75, 3.05) is 6.54 Å². The van der Waals surface area contributed by atoms with Crippen LogP contribution in [0, 0.1) is 0 Å². The Morgan fingerprint density at radius 1 is 1.73 bits per heavy atom. The number of amides is 1. The predicted octanol–water partition coefficient (Wildman–Crippen LogP) is -0.779. The lowest BCUT2D eigenvalue weighted by atomic mass is 10.1. The molecule has 0 aliphatic heterocycles. The largest absolute Gasteiger partial charge is 0.392 e. The van der Waals surface area contributed by atoms with Crippen LogP contribution < -0.4 is 11.1 Å². The number of carbonyl (C=O) groups excluding carboxylic acids is 1. The van der Waals surface area contributed by atoms with Gasteiger partial charge in [-0.1, -0.05) is 0 Å². The van der Waals surface area contributed by atoms with Crippen LogP contribution in [0.2, 0.25) is 0 Å². The van der Waals surface area contributed by atoms with Crippen LogP contribution in [0.25, 0.3) is 0 Å². The number of aliphatic hydroxyl groups is 1. The minimum Gasteiger partial charge on any atom is -0.392 e. The summed E-state index contributed by atoms with van der Waals surface area (Å²) >= 11 is 0. The zero-order valence-corrected chi connectivity index (χ0v) is 7.22. The van der Waals surface area contributed by atoms with Crippen molar-refractivity contribution in [3.63, 3.8) is 0 Å². The van der Waals surface area contributed by atoms with Crippen molar-refractivity contribution in [1.29, 1.82) is 0 Å². The second-order valence-corrected chi connectivity index (χ2v) is 3.22. The smallest absolute Gasteiger partial charge is 0.237 e. The Kier molecular flexibility index (Phi) is 3.48. The molecule has 4 N–H and O–H groups in total. The van der Waals surface area contributed by atoms with Crippen molar-refractivity contribution in [3.05, 3.63) is 0 Å². The Labute approximate surface area is 66.8 Å². The highest BCUT2D eigenvalue weighted by atomic mass is 16.3. The second-order valence-electron chi connectivity index (χ2n) is 3.22. The summed E-state index contributed by atoms with van der Waals surface area (Å²) in [7, 11) is 0. The van der Waals surface area contributed by atoms with E-state index < -0.39 is 17.6 Å². The van der Waals surface area contributed by atoms with E-state index in [1.165, 1.54) is 0 Å². The third kappa shape index (κ3) is 3.95. The molecule has 0 saturated carbocycles. The van der Waals surface area contributed by atoms with Crippen LogP contribution in [0.5, 0.6) is 0 Å². The van der Waals surface area contributed by atoms with E-state index in [0.29, 0.717) is 6.54 Å². The molecule has 4 nitrogen and oxygen atoms in total. The average molecular weight is 160 g/mol. The highest BCUT2D eigenvalue weighted by Crippen LogP contribution is 1.99.